The van der Waals surface area contributed by atoms with Crippen molar-refractivity contribution >= 4 is 0 Å². The summed E-state index contributed by atoms with van der Waals surface area (Å²) in [6.07, 6.45) is 6.29. The number of likely N-dealkylation sites (tertiary alicyclic amines) is 1. The average Bonchev–Trinajstić information content (AvgIpc) is 2.74. The number of methoxy groups -OCH3 is 1. The molecule has 0 aromatic heterocycles. The third-order valence-electron chi connectivity index (χ3n) is 4.34. The number of hydrogen-bond acceptors (Lipinski definition) is 3. The second-order valence-corrected chi connectivity index (χ2v) is 6.03. The largest absolute Gasteiger partial charge is 0.497 e. The lowest BCUT2D eigenvalue weighted by atomic mass is 10.1. The summed E-state index contributed by atoms with van der Waals surface area (Å²) in [6, 6.07) is 9.09. The van der Waals surface area contributed by atoms with E-state index in [1.165, 1.54) is 50.9 Å². The van der Waals surface area contributed by atoms with E-state index in [1.54, 1.807) is 7.11 Å². The summed E-state index contributed by atoms with van der Waals surface area (Å²) in [4.78, 5) is 2.61. The zero-order valence-electron chi connectivity index (χ0n) is 13.6. The predicted octanol–water partition coefficient (Wildman–Crippen LogP) is 3.09. The van der Waals surface area contributed by atoms with Gasteiger partial charge in [-0.05, 0) is 76.0 Å². The van der Waals surface area contributed by atoms with Gasteiger partial charge in [-0.15, -0.1) is 0 Å². The van der Waals surface area contributed by atoms with Gasteiger partial charge in [0.2, 0.25) is 0 Å². The molecule has 1 aliphatic heterocycles. The zero-order valence-corrected chi connectivity index (χ0v) is 13.6. The van der Waals surface area contributed by atoms with Gasteiger partial charge in [0.15, 0.2) is 0 Å². The lowest BCUT2D eigenvalue weighted by molar-refractivity contribution is 0.283. The quantitative estimate of drug-likeness (QED) is 0.835. The van der Waals surface area contributed by atoms with Crippen molar-refractivity contribution in [2.75, 3.05) is 33.3 Å². The van der Waals surface area contributed by atoms with Crippen LogP contribution in [0.1, 0.15) is 38.2 Å². The first-order valence-electron chi connectivity index (χ1n) is 8.40. The Bertz CT molecular complexity index is 408. The topological polar surface area (TPSA) is 24.5 Å². The molecule has 21 heavy (non-hydrogen) atoms. The highest BCUT2D eigenvalue weighted by molar-refractivity contribution is 5.28. The predicted molar refractivity (Wildman–Crippen MR) is 89.1 cm³/mol. The molecular weight excluding hydrogens is 260 g/mol. The number of benzene rings is 1. The molecule has 0 spiro atoms. The highest BCUT2D eigenvalue weighted by atomic mass is 16.5. The van der Waals surface area contributed by atoms with E-state index in [1.807, 2.05) is 6.07 Å². The van der Waals surface area contributed by atoms with E-state index in [9.17, 15) is 0 Å². The molecule has 1 N–H and O–H groups in total. The molecular formula is C18H30N2O. The van der Waals surface area contributed by atoms with Crippen LogP contribution < -0.4 is 10.1 Å². The van der Waals surface area contributed by atoms with Gasteiger partial charge in [0.05, 0.1) is 7.11 Å². The molecule has 2 rings (SSSR count). The Morgan fingerprint density at radius 3 is 3.00 bits per heavy atom. The minimum Gasteiger partial charge on any atom is -0.497 e. The molecule has 118 valence electrons. The fourth-order valence-electron chi connectivity index (χ4n) is 3.15. The van der Waals surface area contributed by atoms with Crippen LogP contribution in [0.2, 0.25) is 0 Å². The third-order valence-corrected chi connectivity index (χ3v) is 4.34. The van der Waals surface area contributed by atoms with E-state index >= 15 is 0 Å². The monoisotopic (exact) mass is 290 g/mol. The van der Waals surface area contributed by atoms with E-state index in [0.29, 0.717) is 6.04 Å². The lowest BCUT2D eigenvalue weighted by Gasteiger charge is -2.19. The van der Waals surface area contributed by atoms with Crippen molar-refractivity contribution in [3.8, 4) is 5.75 Å². The molecule has 0 saturated carbocycles. The standard InChI is InChI=1S/C18H30N2O/c1-3-12-20-13-5-7-17(10-14-20)19-11-9-16-6-4-8-18(15-16)21-2/h4,6,8,15,17,19H,3,5,7,9-14H2,1-2H3. The van der Waals surface area contributed by atoms with Crippen LogP contribution in [0.5, 0.6) is 5.75 Å². The van der Waals surface area contributed by atoms with Gasteiger partial charge in [-0.1, -0.05) is 19.1 Å². The summed E-state index contributed by atoms with van der Waals surface area (Å²) >= 11 is 0. The first kappa shape index (κ1) is 16.3. The van der Waals surface area contributed by atoms with Crippen molar-refractivity contribution in [2.45, 2.75) is 45.1 Å². The van der Waals surface area contributed by atoms with Crippen LogP contribution in [0.25, 0.3) is 0 Å². The van der Waals surface area contributed by atoms with Crippen molar-refractivity contribution in [1.29, 1.82) is 0 Å². The Morgan fingerprint density at radius 2 is 2.19 bits per heavy atom. The summed E-state index contributed by atoms with van der Waals surface area (Å²) in [5.41, 5.74) is 1.35. The van der Waals surface area contributed by atoms with Gasteiger partial charge in [-0.2, -0.15) is 0 Å². The highest BCUT2D eigenvalue weighted by Gasteiger charge is 2.15. The van der Waals surface area contributed by atoms with E-state index in [0.717, 1.165) is 18.7 Å². The maximum absolute atomic E-state index is 5.28. The normalized spacial score (nSPS) is 20.2. The molecule has 0 bridgehead atoms. The Balaban J connectivity index is 1.70. The molecule has 3 heteroatoms. The Hall–Kier alpha value is -1.06. The summed E-state index contributed by atoms with van der Waals surface area (Å²) in [7, 11) is 1.73. The Labute approximate surface area is 129 Å². The maximum atomic E-state index is 5.28. The number of ether oxygens (including phenoxy) is 1. The van der Waals surface area contributed by atoms with Crippen LogP contribution in [0.15, 0.2) is 24.3 Å². The van der Waals surface area contributed by atoms with Crippen LogP contribution in [0.3, 0.4) is 0 Å². The molecule has 1 aromatic rings. The number of hydrogen-bond donors (Lipinski definition) is 1. The van der Waals surface area contributed by atoms with Crippen molar-refractivity contribution < 1.29 is 4.74 Å². The smallest absolute Gasteiger partial charge is 0.119 e. The maximum Gasteiger partial charge on any atom is 0.119 e. The molecule has 1 atom stereocenters. The van der Waals surface area contributed by atoms with Gasteiger partial charge >= 0.3 is 0 Å². The first-order valence-corrected chi connectivity index (χ1v) is 8.40. The van der Waals surface area contributed by atoms with Gasteiger partial charge in [0, 0.05) is 6.04 Å². The number of nitrogens with zero attached hydrogens (tertiary/aromatic N) is 1. The van der Waals surface area contributed by atoms with E-state index < -0.39 is 0 Å². The molecule has 1 fully saturated rings. The third kappa shape index (κ3) is 5.68. The minimum atomic E-state index is 0.692. The van der Waals surface area contributed by atoms with Crippen LogP contribution in [-0.4, -0.2) is 44.2 Å². The first-order chi connectivity index (χ1) is 10.3. The zero-order chi connectivity index (χ0) is 14.9. The second-order valence-electron chi connectivity index (χ2n) is 6.03. The fourth-order valence-corrected chi connectivity index (χ4v) is 3.15. The van der Waals surface area contributed by atoms with Crippen LogP contribution in [-0.2, 0) is 6.42 Å². The van der Waals surface area contributed by atoms with E-state index in [2.05, 4.69) is 35.3 Å². The SMILES string of the molecule is CCCN1CCCC(NCCc2cccc(OC)c2)CC1. The number of rotatable bonds is 7. The van der Waals surface area contributed by atoms with Gasteiger partial charge in [-0.25, -0.2) is 0 Å². The van der Waals surface area contributed by atoms with Gasteiger partial charge in [0.25, 0.3) is 0 Å². The van der Waals surface area contributed by atoms with Gasteiger partial charge < -0.3 is 15.0 Å². The lowest BCUT2D eigenvalue weighted by Crippen LogP contribution is -2.32. The molecule has 1 unspecified atom stereocenters. The Morgan fingerprint density at radius 1 is 1.29 bits per heavy atom. The molecule has 1 saturated heterocycles. The van der Waals surface area contributed by atoms with Crippen molar-refractivity contribution in [1.82, 2.24) is 10.2 Å². The summed E-state index contributed by atoms with van der Waals surface area (Å²) in [5, 5.41) is 3.74. The number of nitrogens with one attached hydrogen (secondary N) is 1. The van der Waals surface area contributed by atoms with E-state index in [-0.39, 0.29) is 0 Å². The summed E-state index contributed by atoms with van der Waals surface area (Å²) in [5.74, 6) is 0.956. The summed E-state index contributed by atoms with van der Waals surface area (Å²) in [6.45, 7) is 7.13. The van der Waals surface area contributed by atoms with Crippen LogP contribution in [0, 0.1) is 0 Å². The van der Waals surface area contributed by atoms with Crippen LogP contribution >= 0.6 is 0 Å². The van der Waals surface area contributed by atoms with Gasteiger partial charge in [-0.3, -0.25) is 0 Å². The van der Waals surface area contributed by atoms with Crippen LogP contribution in [0.4, 0.5) is 0 Å². The molecule has 1 aromatic carbocycles. The fraction of sp³-hybridized carbons (Fsp3) is 0.667. The molecule has 1 aliphatic rings. The second kappa shape index (κ2) is 9.06. The summed E-state index contributed by atoms with van der Waals surface area (Å²) < 4.78 is 5.28. The molecule has 1 heterocycles. The van der Waals surface area contributed by atoms with Crippen molar-refractivity contribution in [3.63, 3.8) is 0 Å². The molecule has 0 radical (unpaired) electrons. The molecule has 0 amide bonds. The molecule has 3 nitrogen and oxygen atoms in total. The van der Waals surface area contributed by atoms with E-state index in [4.69, 9.17) is 4.74 Å². The minimum absolute atomic E-state index is 0.692. The average molecular weight is 290 g/mol. The van der Waals surface area contributed by atoms with Crippen molar-refractivity contribution in [3.05, 3.63) is 29.8 Å². The Kier molecular flexibility index (Phi) is 7.04. The molecule has 0 aliphatic carbocycles. The van der Waals surface area contributed by atoms with Crippen molar-refractivity contribution in [2.24, 2.45) is 0 Å². The highest BCUT2D eigenvalue weighted by Crippen LogP contribution is 2.14. The van der Waals surface area contributed by atoms with Gasteiger partial charge in [0.1, 0.15) is 5.75 Å².